The number of nitrogens with one attached hydrogen (secondary N) is 1. The molecular weight excluding hydrogens is 198 g/mol. The van der Waals surface area contributed by atoms with Crippen LogP contribution >= 0.6 is 11.5 Å². The lowest BCUT2D eigenvalue weighted by molar-refractivity contribution is 0.0887. The summed E-state index contributed by atoms with van der Waals surface area (Å²) in [6.07, 6.45) is 2.09. The highest BCUT2D eigenvalue weighted by Crippen LogP contribution is 2.22. The predicted octanol–water partition coefficient (Wildman–Crippen LogP) is 2.46. The van der Waals surface area contributed by atoms with Crippen LogP contribution in [0.25, 0.3) is 0 Å². The van der Waals surface area contributed by atoms with Crippen molar-refractivity contribution in [3.8, 4) is 0 Å². The Morgan fingerprint density at radius 1 is 1.50 bits per heavy atom. The van der Waals surface area contributed by atoms with Gasteiger partial charge in [-0.2, -0.15) is 4.37 Å². The van der Waals surface area contributed by atoms with Crippen LogP contribution in [0.15, 0.2) is 0 Å². The zero-order chi connectivity index (χ0) is 10.4. The summed E-state index contributed by atoms with van der Waals surface area (Å²) >= 11 is 1.39. The molecule has 0 aliphatic rings. The standard InChI is InChI=1S/C9H17N3OS/c1-4-6-7(13-3)8-11-9(10-5-2)14-12-8/h7H,4-6H2,1-3H3,(H,10,11,12). The molecule has 1 aromatic rings. The maximum atomic E-state index is 5.32. The van der Waals surface area contributed by atoms with Crippen LogP contribution in [0.3, 0.4) is 0 Å². The molecule has 1 heterocycles. The molecule has 0 spiro atoms. The highest BCUT2D eigenvalue weighted by molar-refractivity contribution is 7.09. The van der Waals surface area contributed by atoms with Gasteiger partial charge in [0.1, 0.15) is 6.10 Å². The van der Waals surface area contributed by atoms with Crippen LogP contribution in [0.1, 0.15) is 38.6 Å². The van der Waals surface area contributed by atoms with E-state index in [-0.39, 0.29) is 6.10 Å². The number of rotatable bonds is 6. The molecule has 0 aliphatic carbocycles. The Hall–Kier alpha value is -0.680. The van der Waals surface area contributed by atoms with Gasteiger partial charge in [0.05, 0.1) is 0 Å². The van der Waals surface area contributed by atoms with Crippen molar-refractivity contribution in [2.75, 3.05) is 19.0 Å². The van der Waals surface area contributed by atoms with Crippen LogP contribution < -0.4 is 5.32 Å². The normalized spacial score (nSPS) is 12.8. The molecule has 1 aromatic heterocycles. The molecule has 80 valence electrons. The van der Waals surface area contributed by atoms with Crippen LogP contribution in [0.2, 0.25) is 0 Å². The second kappa shape index (κ2) is 5.93. The summed E-state index contributed by atoms with van der Waals surface area (Å²) in [7, 11) is 1.70. The van der Waals surface area contributed by atoms with Crippen molar-refractivity contribution < 1.29 is 4.74 Å². The first-order valence-electron chi connectivity index (χ1n) is 4.92. The molecule has 0 aliphatic heterocycles. The van der Waals surface area contributed by atoms with Crippen molar-refractivity contribution in [3.63, 3.8) is 0 Å². The molecule has 0 bridgehead atoms. The lowest BCUT2D eigenvalue weighted by Crippen LogP contribution is -2.03. The minimum absolute atomic E-state index is 0.0451. The van der Waals surface area contributed by atoms with Gasteiger partial charge in [-0.05, 0) is 13.3 Å². The SMILES string of the molecule is CCCC(OC)c1nsc(NCC)n1. The molecule has 4 nitrogen and oxygen atoms in total. The zero-order valence-corrected chi connectivity index (χ0v) is 9.73. The first kappa shape index (κ1) is 11.4. The van der Waals surface area contributed by atoms with Crippen molar-refractivity contribution in [1.29, 1.82) is 0 Å². The Balaban J connectivity index is 2.63. The van der Waals surface area contributed by atoms with E-state index < -0.39 is 0 Å². The fourth-order valence-corrected chi connectivity index (χ4v) is 1.88. The van der Waals surface area contributed by atoms with Crippen molar-refractivity contribution in [2.45, 2.75) is 32.8 Å². The predicted molar refractivity (Wildman–Crippen MR) is 58.7 cm³/mol. The van der Waals surface area contributed by atoms with Gasteiger partial charge < -0.3 is 10.1 Å². The van der Waals surface area contributed by atoms with Crippen molar-refractivity contribution in [3.05, 3.63) is 5.82 Å². The number of nitrogens with zero attached hydrogens (tertiary/aromatic N) is 2. The number of anilines is 1. The maximum Gasteiger partial charge on any atom is 0.202 e. The van der Waals surface area contributed by atoms with E-state index in [4.69, 9.17) is 4.74 Å². The molecule has 1 unspecified atom stereocenters. The topological polar surface area (TPSA) is 47.0 Å². The van der Waals surface area contributed by atoms with Gasteiger partial charge in [0.2, 0.25) is 5.13 Å². The molecule has 0 radical (unpaired) electrons. The summed E-state index contributed by atoms with van der Waals surface area (Å²) in [5, 5.41) is 4.01. The van der Waals surface area contributed by atoms with Gasteiger partial charge in [-0.25, -0.2) is 4.98 Å². The van der Waals surface area contributed by atoms with Crippen LogP contribution in [0.4, 0.5) is 5.13 Å². The minimum Gasteiger partial charge on any atom is -0.373 e. The van der Waals surface area contributed by atoms with Crippen LogP contribution in [-0.4, -0.2) is 23.0 Å². The molecule has 0 amide bonds. The number of hydrogen-bond acceptors (Lipinski definition) is 5. The number of hydrogen-bond donors (Lipinski definition) is 1. The van der Waals surface area contributed by atoms with E-state index in [1.807, 2.05) is 6.92 Å². The zero-order valence-electron chi connectivity index (χ0n) is 8.91. The van der Waals surface area contributed by atoms with Crippen molar-refractivity contribution in [2.24, 2.45) is 0 Å². The van der Waals surface area contributed by atoms with E-state index in [9.17, 15) is 0 Å². The first-order chi connectivity index (χ1) is 6.81. The second-order valence-electron chi connectivity index (χ2n) is 3.00. The van der Waals surface area contributed by atoms with E-state index in [1.165, 1.54) is 11.5 Å². The Kier molecular flexibility index (Phi) is 4.82. The molecule has 1 N–H and O–H groups in total. The summed E-state index contributed by atoms with van der Waals surface area (Å²) in [6, 6.07) is 0. The third kappa shape index (κ3) is 2.92. The van der Waals surface area contributed by atoms with E-state index in [0.717, 1.165) is 30.3 Å². The van der Waals surface area contributed by atoms with E-state index >= 15 is 0 Å². The van der Waals surface area contributed by atoms with Gasteiger partial charge in [-0.1, -0.05) is 13.3 Å². The fraction of sp³-hybridized carbons (Fsp3) is 0.778. The quantitative estimate of drug-likeness (QED) is 0.792. The molecule has 0 saturated carbocycles. The maximum absolute atomic E-state index is 5.32. The second-order valence-corrected chi connectivity index (χ2v) is 3.75. The minimum atomic E-state index is 0.0451. The Labute approximate surface area is 88.9 Å². The van der Waals surface area contributed by atoms with Gasteiger partial charge in [0.25, 0.3) is 0 Å². The van der Waals surface area contributed by atoms with Gasteiger partial charge in [-0.3, -0.25) is 0 Å². The summed E-state index contributed by atoms with van der Waals surface area (Å²) < 4.78 is 9.59. The molecule has 5 heteroatoms. The van der Waals surface area contributed by atoms with Gasteiger partial charge in [0, 0.05) is 25.2 Å². The van der Waals surface area contributed by atoms with Gasteiger partial charge in [-0.15, -0.1) is 0 Å². The fourth-order valence-electron chi connectivity index (χ4n) is 1.20. The highest BCUT2D eigenvalue weighted by atomic mass is 32.1. The summed E-state index contributed by atoms with van der Waals surface area (Å²) in [5.74, 6) is 0.801. The number of methoxy groups -OCH3 is 1. The average Bonchev–Trinajstić information content (AvgIpc) is 2.63. The van der Waals surface area contributed by atoms with Gasteiger partial charge >= 0.3 is 0 Å². The lowest BCUT2D eigenvalue weighted by Gasteiger charge is -2.09. The highest BCUT2D eigenvalue weighted by Gasteiger charge is 2.14. The molecule has 1 rings (SSSR count). The number of ether oxygens (including phenoxy) is 1. The third-order valence-corrected chi connectivity index (χ3v) is 2.58. The third-order valence-electron chi connectivity index (χ3n) is 1.89. The Morgan fingerprint density at radius 3 is 2.86 bits per heavy atom. The molecule has 14 heavy (non-hydrogen) atoms. The summed E-state index contributed by atoms with van der Waals surface area (Å²) in [5.41, 5.74) is 0. The van der Waals surface area contributed by atoms with Crippen molar-refractivity contribution in [1.82, 2.24) is 9.36 Å². The van der Waals surface area contributed by atoms with Gasteiger partial charge in [0.15, 0.2) is 5.82 Å². The average molecular weight is 215 g/mol. The van der Waals surface area contributed by atoms with E-state index in [0.29, 0.717) is 0 Å². The van der Waals surface area contributed by atoms with Crippen LogP contribution in [0, 0.1) is 0 Å². The van der Waals surface area contributed by atoms with Crippen LogP contribution in [-0.2, 0) is 4.74 Å². The molecule has 0 aromatic carbocycles. The largest absolute Gasteiger partial charge is 0.373 e. The first-order valence-corrected chi connectivity index (χ1v) is 5.69. The lowest BCUT2D eigenvalue weighted by atomic mass is 10.2. The Morgan fingerprint density at radius 2 is 2.29 bits per heavy atom. The molecule has 0 fully saturated rings. The molecule has 1 atom stereocenters. The summed E-state index contributed by atoms with van der Waals surface area (Å²) in [6.45, 7) is 5.05. The van der Waals surface area contributed by atoms with Crippen molar-refractivity contribution >= 4 is 16.7 Å². The van der Waals surface area contributed by atoms with Crippen LogP contribution in [0.5, 0.6) is 0 Å². The summed E-state index contributed by atoms with van der Waals surface area (Å²) in [4.78, 5) is 4.36. The van der Waals surface area contributed by atoms with E-state index in [1.54, 1.807) is 7.11 Å². The number of aromatic nitrogens is 2. The molecular formula is C9H17N3OS. The molecule has 0 saturated heterocycles. The van der Waals surface area contributed by atoms with E-state index in [2.05, 4.69) is 21.6 Å². The Bertz CT molecular complexity index is 264. The smallest absolute Gasteiger partial charge is 0.202 e. The monoisotopic (exact) mass is 215 g/mol.